The summed E-state index contributed by atoms with van der Waals surface area (Å²) in [6.07, 6.45) is -22.3. The normalized spacial score (nSPS) is 16.6. The van der Waals surface area contributed by atoms with Crippen LogP contribution in [-0.2, 0) is 0 Å². The molecule has 262 valence electrons. The Kier molecular flexibility index (Phi) is 10.9. The summed E-state index contributed by atoms with van der Waals surface area (Å²) in [5.74, 6) is -72.3. The number of rotatable bonds is 8. The summed E-state index contributed by atoms with van der Waals surface area (Å²) in [4.78, 5) is -6.50. The molecule has 0 aromatic carbocycles. The number of hydrogen-bond acceptors (Lipinski definition) is 0. The minimum absolute atomic E-state index is 0.360. The first kappa shape index (κ1) is 43.6. The van der Waals surface area contributed by atoms with Crippen LogP contribution in [0, 0.1) is 0 Å². The molecular formula is C13BrF29. The second-order valence-electron chi connectivity index (χ2n) is 7.16. The first-order valence-corrected chi connectivity index (χ1v) is 9.21. The van der Waals surface area contributed by atoms with Crippen LogP contribution in [0.2, 0.25) is 0 Å². The van der Waals surface area contributed by atoms with Crippen LogP contribution in [0.25, 0.3) is 0 Å². The van der Waals surface area contributed by atoms with Gasteiger partial charge >= 0.3 is 76.7 Å². The van der Waals surface area contributed by atoms with Gasteiger partial charge in [-0.25, -0.2) is 0 Å². The summed E-state index contributed by atoms with van der Waals surface area (Å²) in [7, 11) is 0. The van der Waals surface area contributed by atoms with Crippen molar-refractivity contribution in [2.45, 2.75) is 76.7 Å². The quantitative estimate of drug-likeness (QED) is 0.170. The highest BCUT2D eigenvalue weighted by Gasteiger charge is 2.95. The van der Waals surface area contributed by atoms with Gasteiger partial charge in [0.15, 0.2) is 0 Å². The minimum Gasteiger partial charge on any atom is -0.192 e. The molecule has 30 heteroatoms. The summed E-state index contributed by atoms with van der Waals surface area (Å²) in [6, 6.07) is 0. The zero-order chi connectivity index (χ0) is 36.5. The van der Waals surface area contributed by atoms with Crippen molar-refractivity contribution in [2.75, 3.05) is 0 Å². The second kappa shape index (κ2) is 10.8. The SMILES string of the molecule is FC(F)(F)C(F)(F)C(F)(F)C(F)(F)C(F)(F)C(F)(F)C(F)(F)C(F)(F)Br.FC(F)(F)C(F)(F)C(F)(F)C(F)(F)C(F)(F)F. The van der Waals surface area contributed by atoms with Gasteiger partial charge in [0, 0.05) is 0 Å². The molecule has 0 heterocycles. The smallest absolute Gasteiger partial charge is 0.192 e. The fourth-order valence-electron chi connectivity index (χ4n) is 1.70. The molecule has 0 N–H and O–H groups in total. The molecule has 0 aliphatic carbocycles. The van der Waals surface area contributed by atoms with Crippen LogP contribution >= 0.6 is 15.9 Å². The van der Waals surface area contributed by atoms with Crippen LogP contribution in [0.15, 0.2) is 0 Å². The van der Waals surface area contributed by atoms with Gasteiger partial charge in [-0.15, -0.1) is 0 Å². The van der Waals surface area contributed by atoms with Crippen LogP contribution < -0.4 is 0 Å². The highest BCUT2D eigenvalue weighted by molar-refractivity contribution is 9.10. The lowest BCUT2D eigenvalue weighted by Crippen LogP contribution is -2.74. The topological polar surface area (TPSA) is 0 Å². The Morgan fingerprint density at radius 2 is 0.302 bits per heavy atom. The summed E-state index contributed by atoms with van der Waals surface area (Å²) in [6.45, 7) is 0. The predicted molar refractivity (Wildman–Crippen MR) is 76.6 cm³/mol. The first-order chi connectivity index (χ1) is 17.8. The Labute approximate surface area is 221 Å². The van der Waals surface area contributed by atoms with Crippen molar-refractivity contribution in [1.29, 1.82) is 0 Å². The van der Waals surface area contributed by atoms with Crippen molar-refractivity contribution in [1.82, 2.24) is 0 Å². The van der Waals surface area contributed by atoms with Crippen molar-refractivity contribution >= 4 is 15.9 Å². The molecule has 0 nitrogen and oxygen atoms in total. The van der Waals surface area contributed by atoms with E-state index in [0.717, 1.165) is 0 Å². The van der Waals surface area contributed by atoms with Crippen LogP contribution in [-0.4, -0.2) is 76.7 Å². The lowest BCUT2D eigenvalue weighted by atomic mass is 9.91. The first-order valence-electron chi connectivity index (χ1n) is 8.42. The largest absolute Gasteiger partial charge is 0.460 e. The molecule has 0 aromatic heterocycles. The van der Waals surface area contributed by atoms with Crippen molar-refractivity contribution in [3.05, 3.63) is 0 Å². The Balaban J connectivity index is 0. The van der Waals surface area contributed by atoms with Gasteiger partial charge in [-0.2, -0.15) is 127 Å². The predicted octanol–water partition coefficient (Wildman–Crippen LogP) is 10.4. The summed E-state index contributed by atoms with van der Waals surface area (Å²) in [5.41, 5.74) is 0. The maximum atomic E-state index is 12.9. The average Bonchev–Trinajstić information content (AvgIpc) is 2.69. The number of hydrogen-bond donors (Lipinski definition) is 0. The molecule has 0 aromatic rings. The lowest BCUT2D eigenvalue weighted by Gasteiger charge is -2.42. The number of alkyl halides is 30. The van der Waals surface area contributed by atoms with Gasteiger partial charge in [0.25, 0.3) is 0 Å². The molecule has 0 amide bonds. The van der Waals surface area contributed by atoms with E-state index in [1.165, 1.54) is 0 Å². The molecular weight excluding hydrogens is 787 g/mol. The standard InChI is InChI=1S/C8BrF17.C5F12/c9-7(22,23)5(18,19)3(14,15)1(10,11)2(12,13)4(16,17)6(20,21)8(24,25)26;6-1(7,2(8,9)4(12,13)14)3(10,11)5(15,16)17. The summed E-state index contributed by atoms with van der Waals surface area (Å²) in [5, 5.41) is 0. The van der Waals surface area contributed by atoms with Crippen LogP contribution in [0.4, 0.5) is 127 Å². The molecule has 0 aliphatic rings. The minimum atomic E-state index is -8.58. The van der Waals surface area contributed by atoms with E-state index in [9.17, 15) is 127 Å². The van der Waals surface area contributed by atoms with E-state index in [2.05, 4.69) is 0 Å². The molecule has 0 spiro atoms. The third-order valence-electron chi connectivity index (χ3n) is 4.18. The average molecular weight is 787 g/mol. The van der Waals surface area contributed by atoms with Gasteiger partial charge in [-0.05, 0) is 15.9 Å². The third-order valence-corrected chi connectivity index (χ3v) is 4.68. The van der Waals surface area contributed by atoms with Crippen LogP contribution in [0.1, 0.15) is 0 Å². The fraction of sp³-hybridized carbons (Fsp3) is 1.00. The van der Waals surface area contributed by atoms with Crippen LogP contribution in [0.3, 0.4) is 0 Å². The van der Waals surface area contributed by atoms with Gasteiger partial charge in [0.1, 0.15) is 0 Å². The van der Waals surface area contributed by atoms with E-state index < -0.39 is 76.7 Å². The molecule has 0 bridgehead atoms. The molecule has 0 unspecified atom stereocenters. The Hall–Kier alpha value is -1.55. The molecule has 0 saturated carbocycles. The zero-order valence-corrected chi connectivity index (χ0v) is 19.4. The van der Waals surface area contributed by atoms with Crippen LogP contribution in [0.5, 0.6) is 0 Å². The monoisotopic (exact) mass is 786 g/mol. The molecule has 0 rings (SSSR count). The summed E-state index contributed by atoms with van der Waals surface area (Å²) >= 11 is 0.360. The van der Waals surface area contributed by atoms with E-state index in [1.54, 1.807) is 0 Å². The Morgan fingerprint density at radius 1 is 0.186 bits per heavy atom. The second-order valence-corrected chi connectivity index (χ2v) is 8.16. The van der Waals surface area contributed by atoms with Gasteiger partial charge in [-0.3, -0.25) is 0 Å². The maximum absolute atomic E-state index is 12.9. The molecule has 0 aliphatic heterocycles. The molecule has 0 radical (unpaired) electrons. The van der Waals surface area contributed by atoms with Gasteiger partial charge in [-0.1, -0.05) is 0 Å². The van der Waals surface area contributed by atoms with Crippen molar-refractivity contribution in [3.63, 3.8) is 0 Å². The maximum Gasteiger partial charge on any atom is 0.460 e. The van der Waals surface area contributed by atoms with Crippen molar-refractivity contribution in [3.8, 4) is 0 Å². The van der Waals surface area contributed by atoms with Gasteiger partial charge < -0.3 is 0 Å². The van der Waals surface area contributed by atoms with Gasteiger partial charge in [0.05, 0.1) is 0 Å². The highest BCUT2D eigenvalue weighted by atomic mass is 79.9. The fourth-order valence-corrected chi connectivity index (χ4v) is 1.95. The molecule has 0 atom stereocenters. The molecule has 43 heavy (non-hydrogen) atoms. The zero-order valence-electron chi connectivity index (χ0n) is 17.8. The highest BCUT2D eigenvalue weighted by Crippen LogP contribution is 2.64. The van der Waals surface area contributed by atoms with E-state index in [1.807, 2.05) is 0 Å². The molecule has 0 saturated heterocycles. The van der Waals surface area contributed by atoms with Crippen molar-refractivity contribution in [2.24, 2.45) is 0 Å². The van der Waals surface area contributed by atoms with E-state index in [0.29, 0.717) is 15.9 Å². The lowest BCUT2D eigenvalue weighted by molar-refractivity contribution is -0.457. The van der Waals surface area contributed by atoms with Gasteiger partial charge in [0.2, 0.25) is 0 Å². The third kappa shape index (κ3) is 6.30. The summed E-state index contributed by atoms with van der Waals surface area (Å²) < 4.78 is 352. The Bertz CT molecular complexity index is 875. The van der Waals surface area contributed by atoms with E-state index >= 15 is 0 Å². The van der Waals surface area contributed by atoms with E-state index in [4.69, 9.17) is 0 Å². The number of halogens is 30. The molecule has 0 fully saturated rings. The Morgan fingerprint density at radius 3 is 0.442 bits per heavy atom. The van der Waals surface area contributed by atoms with Crippen molar-refractivity contribution < 1.29 is 127 Å². The van der Waals surface area contributed by atoms with E-state index in [-0.39, 0.29) is 0 Å².